The number of rotatable bonds is 11. The summed E-state index contributed by atoms with van der Waals surface area (Å²) in [7, 11) is 1.70. The second-order valence-electron chi connectivity index (χ2n) is 9.98. The average molecular weight is 471 g/mol. The molecule has 0 bridgehead atoms. The maximum atomic E-state index is 15.2. The average Bonchev–Trinajstić information content (AvgIpc) is 2.82. The van der Waals surface area contributed by atoms with Crippen molar-refractivity contribution in [3.05, 3.63) is 59.4 Å². The molecule has 4 rings (SSSR count). The second kappa shape index (κ2) is 11.6. The minimum atomic E-state index is -1.18. The maximum Gasteiger partial charge on any atom is 0.169 e. The monoisotopic (exact) mass is 470 g/mol. The van der Waals surface area contributed by atoms with Crippen molar-refractivity contribution in [1.29, 1.82) is 0 Å². The Morgan fingerprint density at radius 2 is 1.97 bits per heavy atom. The van der Waals surface area contributed by atoms with E-state index in [2.05, 4.69) is 10.2 Å². The summed E-state index contributed by atoms with van der Waals surface area (Å²) in [4.78, 5) is 2.49. The van der Waals surface area contributed by atoms with E-state index in [0.29, 0.717) is 30.3 Å². The molecule has 34 heavy (non-hydrogen) atoms. The van der Waals surface area contributed by atoms with Gasteiger partial charge in [0.25, 0.3) is 0 Å². The van der Waals surface area contributed by atoms with Gasteiger partial charge in [0.15, 0.2) is 11.6 Å². The Labute approximate surface area is 203 Å². The highest BCUT2D eigenvalue weighted by Gasteiger charge is 2.43. The third-order valence-corrected chi connectivity index (χ3v) is 7.46. The van der Waals surface area contributed by atoms with Gasteiger partial charge in [0, 0.05) is 51.4 Å². The lowest BCUT2D eigenvalue weighted by atomic mass is 9.73. The van der Waals surface area contributed by atoms with E-state index in [-0.39, 0.29) is 11.7 Å². The number of unbranched alkanes of at least 4 members (excludes halogenated alkanes) is 1. The summed E-state index contributed by atoms with van der Waals surface area (Å²) in [5.41, 5.74) is 0.313. The Balaban J connectivity index is 1.64. The zero-order valence-corrected chi connectivity index (χ0v) is 20.6. The fraction of sp³-hybridized carbons (Fsp3) is 0.571. The van der Waals surface area contributed by atoms with Crippen LogP contribution in [-0.4, -0.2) is 56.4 Å². The van der Waals surface area contributed by atoms with Crippen LogP contribution in [0.2, 0.25) is 0 Å². The lowest BCUT2D eigenvalue weighted by molar-refractivity contribution is -0.0656. The van der Waals surface area contributed by atoms with Crippen molar-refractivity contribution in [2.75, 3.05) is 46.4 Å². The van der Waals surface area contributed by atoms with Crippen LogP contribution in [0.15, 0.2) is 42.5 Å². The summed E-state index contributed by atoms with van der Waals surface area (Å²) in [6.45, 7) is 7.67. The number of methoxy groups -OCH3 is 1. The van der Waals surface area contributed by atoms with E-state index in [1.807, 2.05) is 37.3 Å². The molecule has 2 fully saturated rings. The molecule has 6 heteroatoms. The predicted octanol–water partition coefficient (Wildman–Crippen LogP) is 4.86. The molecule has 2 saturated heterocycles. The van der Waals surface area contributed by atoms with Crippen LogP contribution < -0.4 is 10.1 Å². The summed E-state index contributed by atoms with van der Waals surface area (Å²) in [6, 6.07) is 12.6. The van der Waals surface area contributed by atoms with E-state index >= 15 is 4.39 Å². The van der Waals surface area contributed by atoms with Crippen LogP contribution in [0.5, 0.6) is 11.5 Å². The van der Waals surface area contributed by atoms with Gasteiger partial charge in [-0.3, -0.25) is 0 Å². The number of aryl methyl sites for hydroxylation is 1. The first-order valence-corrected chi connectivity index (χ1v) is 12.7. The van der Waals surface area contributed by atoms with Crippen molar-refractivity contribution in [2.45, 2.75) is 44.6 Å². The van der Waals surface area contributed by atoms with Crippen LogP contribution in [-0.2, 0) is 10.3 Å². The number of hydrogen-bond acceptors (Lipinski definition) is 5. The molecule has 5 nitrogen and oxygen atoms in total. The van der Waals surface area contributed by atoms with Crippen LogP contribution in [0.25, 0.3) is 0 Å². The topological polar surface area (TPSA) is 54.0 Å². The predicted molar refractivity (Wildman–Crippen MR) is 133 cm³/mol. The molecule has 2 aliphatic rings. The van der Waals surface area contributed by atoms with E-state index in [1.165, 1.54) is 6.07 Å². The number of benzene rings is 2. The van der Waals surface area contributed by atoms with Gasteiger partial charge in [0.2, 0.25) is 0 Å². The highest BCUT2D eigenvalue weighted by Crippen LogP contribution is 2.45. The Kier molecular flexibility index (Phi) is 8.59. The summed E-state index contributed by atoms with van der Waals surface area (Å²) in [5.74, 6) is 1.01. The normalized spacial score (nSPS) is 21.1. The van der Waals surface area contributed by atoms with Crippen LogP contribution >= 0.6 is 0 Å². The van der Waals surface area contributed by atoms with Crippen molar-refractivity contribution in [1.82, 2.24) is 10.2 Å². The lowest BCUT2D eigenvalue weighted by Gasteiger charge is -2.45. The number of para-hydroxylation sites is 2. The summed E-state index contributed by atoms with van der Waals surface area (Å²) < 4.78 is 26.7. The molecule has 0 aliphatic carbocycles. The van der Waals surface area contributed by atoms with Gasteiger partial charge in [-0.25, -0.2) is 4.39 Å². The molecule has 0 saturated carbocycles. The first-order chi connectivity index (χ1) is 16.5. The molecular weight excluding hydrogens is 431 g/mol. The van der Waals surface area contributed by atoms with Gasteiger partial charge >= 0.3 is 0 Å². The molecule has 0 spiro atoms. The molecule has 2 unspecified atom stereocenters. The van der Waals surface area contributed by atoms with Crippen LogP contribution in [0, 0.1) is 24.6 Å². The molecule has 0 radical (unpaired) electrons. The fourth-order valence-corrected chi connectivity index (χ4v) is 5.39. The van der Waals surface area contributed by atoms with E-state index in [1.54, 1.807) is 13.2 Å². The molecule has 0 amide bonds. The van der Waals surface area contributed by atoms with Gasteiger partial charge in [0.1, 0.15) is 5.75 Å². The van der Waals surface area contributed by atoms with Gasteiger partial charge < -0.3 is 24.8 Å². The number of hydrogen-bond donors (Lipinski definition) is 2. The molecule has 2 aromatic rings. The van der Waals surface area contributed by atoms with Crippen molar-refractivity contribution >= 4 is 0 Å². The molecule has 2 heterocycles. The van der Waals surface area contributed by atoms with Gasteiger partial charge in [-0.2, -0.15) is 0 Å². The Morgan fingerprint density at radius 1 is 1.15 bits per heavy atom. The summed E-state index contributed by atoms with van der Waals surface area (Å²) in [5, 5.41) is 15.7. The van der Waals surface area contributed by atoms with E-state index in [0.717, 1.165) is 64.0 Å². The van der Waals surface area contributed by atoms with Crippen LogP contribution in [0.4, 0.5) is 4.39 Å². The van der Waals surface area contributed by atoms with Gasteiger partial charge in [-0.1, -0.05) is 30.3 Å². The number of nitrogens with one attached hydrogen (secondary N) is 1. The number of piperidine rings is 1. The number of nitrogens with zero attached hydrogens (tertiary/aromatic N) is 1. The maximum absolute atomic E-state index is 15.2. The standard InChI is InChI=1S/C28H39FN2O3/c1-21-9-3-4-13-26(21)34-27-24(11-7-12-25(27)29)28(32,14-5-6-16-33-2)23-10-8-15-31(20-23)19-22-17-30-18-22/h3-4,7,9,11-13,22-23,30,32H,5-6,8,10,14-20H2,1-2H3. The number of aliphatic hydroxyl groups is 1. The first kappa shape index (κ1) is 25.1. The van der Waals surface area contributed by atoms with Crippen molar-refractivity contribution < 1.29 is 19.0 Å². The number of ether oxygens (including phenoxy) is 2. The fourth-order valence-electron chi connectivity index (χ4n) is 5.39. The van der Waals surface area contributed by atoms with Gasteiger partial charge in [-0.05, 0) is 69.2 Å². The molecular formula is C28H39FN2O3. The molecule has 2 aliphatic heterocycles. The zero-order chi connectivity index (χ0) is 24.0. The Bertz CT molecular complexity index is 936. The smallest absolute Gasteiger partial charge is 0.169 e. The summed E-state index contributed by atoms with van der Waals surface area (Å²) in [6.07, 6.45) is 4.16. The minimum absolute atomic E-state index is 0.0119. The summed E-state index contributed by atoms with van der Waals surface area (Å²) >= 11 is 0. The van der Waals surface area contributed by atoms with Gasteiger partial charge in [0.05, 0.1) is 5.60 Å². The van der Waals surface area contributed by atoms with Crippen LogP contribution in [0.1, 0.15) is 43.2 Å². The van der Waals surface area contributed by atoms with Gasteiger partial charge in [-0.15, -0.1) is 0 Å². The number of likely N-dealkylation sites (tertiary alicyclic amines) is 1. The Morgan fingerprint density at radius 3 is 2.71 bits per heavy atom. The molecule has 2 atom stereocenters. The van der Waals surface area contributed by atoms with Crippen molar-refractivity contribution in [2.24, 2.45) is 11.8 Å². The largest absolute Gasteiger partial charge is 0.454 e. The highest BCUT2D eigenvalue weighted by atomic mass is 19.1. The van der Waals surface area contributed by atoms with E-state index < -0.39 is 11.4 Å². The highest BCUT2D eigenvalue weighted by molar-refractivity contribution is 5.44. The molecule has 0 aromatic heterocycles. The van der Waals surface area contributed by atoms with Crippen molar-refractivity contribution in [3.63, 3.8) is 0 Å². The first-order valence-electron chi connectivity index (χ1n) is 12.7. The van der Waals surface area contributed by atoms with Crippen molar-refractivity contribution in [3.8, 4) is 11.5 Å². The third-order valence-electron chi connectivity index (χ3n) is 7.46. The third kappa shape index (κ3) is 5.80. The van der Waals surface area contributed by atoms with E-state index in [9.17, 15) is 5.11 Å². The lowest BCUT2D eigenvalue weighted by Crippen LogP contribution is -2.52. The molecule has 2 N–H and O–H groups in total. The SMILES string of the molecule is COCCCCC(O)(c1cccc(F)c1Oc1ccccc1C)C1CCCN(CC2CNC2)C1. The molecule has 2 aromatic carbocycles. The zero-order valence-electron chi connectivity index (χ0n) is 20.6. The quantitative estimate of drug-likeness (QED) is 0.459. The minimum Gasteiger partial charge on any atom is -0.454 e. The second-order valence-corrected chi connectivity index (χ2v) is 9.98. The Hall–Kier alpha value is -1.99. The number of halogens is 1. The molecule has 186 valence electrons. The van der Waals surface area contributed by atoms with Crippen LogP contribution in [0.3, 0.4) is 0 Å². The van der Waals surface area contributed by atoms with E-state index in [4.69, 9.17) is 9.47 Å².